The maximum atomic E-state index is 11.6. The van der Waals surface area contributed by atoms with Gasteiger partial charge in [0.25, 0.3) is 0 Å². The second-order valence-corrected chi connectivity index (χ2v) is 8.09. The van der Waals surface area contributed by atoms with Gasteiger partial charge in [0.05, 0.1) is 11.3 Å². The zero-order valence-electron chi connectivity index (χ0n) is 12.3. The van der Waals surface area contributed by atoms with E-state index < -0.39 is 5.97 Å². The van der Waals surface area contributed by atoms with Gasteiger partial charge in [-0.2, -0.15) is 0 Å². The molecule has 0 saturated carbocycles. The topological polar surface area (TPSA) is 66.4 Å². The Kier molecular flexibility index (Phi) is 8.19. The number of allylic oxidation sites excluding steroid dienone is 5. The molecule has 2 rings (SSSR count). The summed E-state index contributed by atoms with van der Waals surface area (Å²) in [7, 11) is 0. The van der Waals surface area contributed by atoms with Gasteiger partial charge in [0.1, 0.15) is 0 Å². The van der Waals surface area contributed by atoms with Crippen LogP contribution in [0, 0.1) is 0 Å². The number of nitrogens with one attached hydrogen (secondary N) is 1. The van der Waals surface area contributed by atoms with Crippen molar-refractivity contribution in [3.8, 4) is 0 Å². The number of para-hydroxylation sites is 1. The summed E-state index contributed by atoms with van der Waals surface area (Å²) in [6.07, 6.45) is 6.26. The van der Waals surface area contributed by atoms with Crippen molar-refractivity contribution in [1.82, 2.24) is 0 Å². The van der Waals surface area contributed by atoms with Crippen LogP contribution in [0.5, 0.6) is 0 Å². The summed E-state index contributed by atoms with van der Waals surface area (Å²) in [6, 6.07) is 6.51. The number of halogens is 1. The third-order valence-corrected chi connectivity index (χ3v) is 3.01. The summed E-state index contributed by atoms with van der Waals surface area (Å²) in [5, 5.41) is 11.9. The van der Waals surface area contributed by atoms with E-state index in [1.807, 2.05) is 0 Å². The zero-order chi connectivity index (χ0) is 16.5. The van der Waals surface area contributed by atoms with Crippen LogP contribution in [0.3, 0.4) is 0 Å². The number of anilines is 1. The van der Waals surface area contributed by atoms with E-state index in [1.165, 1.54) is 18.3 Å². The minimum absolute atomic E-state index is 0.136. The van der Waals surface area contributed by atoms with Gasteiger partial charge in [0.2, 0.25) is 0 Å². The van der Waals surface area contributed by atoms with Crippen LogP contribution in [0.15, 0.2) is 58.7 Å². The van der Waals surface area contributed by atoms with Gasteiger partial charge >= 0.3 is 37.0 Å². The molecule has 0 saturated heterocycles. The van der Waals surface area contributed by atoms with Crippen molar-refractivity contribution >= 4 is 54.5 Å². The predicted molar refractivity (Wildman–Crippen MR) is 93.7 cm³/mol. The Bertz CT molecular complexity index is 651. The number of carbonyl (C=O) groups is 2. The zero-order valence-corrected chi connectivity index (χ0v) is 16.7. The Morgan fingerprint density at radius 3 is 2.55 bits per heavy atom. The molecule has 0 atom stereocenters. The fourth-order valence-electron chi connectivity index (χ4n) is 1.58. The van der Waals surface area contributed by atoms with E-state index in [0.717, 1.165) is 4.48 Å². The van der Waals surface area contributed by atoms with Crippen molar-refractivity contribution in [2.45, 2.75) is 9.88 Å². The molecule has 0 bridgehead atoms. The van der Waals surface area contributed by atoms with Gasteiger partial charge in [-0.15, -0.1) is 0 Å². The van der Waals surface area contributed by atoms with Crippen molar-refractivity contribution < 1.29 is 14.7 Å². The van der Waals surface area contributed by atoms with Crippen LogP contribution in [0.1, 0.15) is 10.4 Å². The average molecular weight is 469 g/mol. The summed E-state index contributed by atoms with van der Waals surface area (Å²) >= 11 is 3.51. The maximum absolute atomic E-state index is 11.6. The standard InChI is InChI=1S/C14H10BrNO3.2CH3.Sn/c15-10-5-6-13(17)9(7-10)8-16-12-4-2-1-3-11(12)14(18)19;;;/h1-8,16H,(H,18,19);2*1H3;. The summed E-state index contributed by atoms with van der Waals surface area (Å²) < 4.78 is 0.784. The Morgan fingerprint density at radius 1 is 1.27 bits per heavy atom. The van der Waals surface area contributed by atoms with Gasteiger partial charge in [-0.3, -0.25) is 4.79 Å². The average Bonchev–Trinajstić information content (AvgIpc) is 2.49. The van der Waals surface area contributed by atoms with E-state index in [2.05, 4.69) is 31.1 Å². The molecule has 0 amide bonds. The molecule has 1 aromatic rings. The number of ketones is 1. The summed E-state index contributed by atoms with van der Waals surface area (Å²) in [5.41, 5.74) is 1.05. The minimum atomic E-state index is -1.02. The molecule has 22 heavy (non-hydrogen) atoms. The van der Waals surface area contributed by atoms with Gasteiger partial charge in [0, 0.05) is 16.3 Å². The molecule has 6 heteroatoms. The molecule has 0 aliphatic heterocycles. The molecule has 0 spiro atoms. The van der Waals surface area contributed by atoms with E-state index in [1.54, 1.807) is 30.4 Å². The van der Waals surface area contributed by atoms with Crippen LogP contribution >= 0.6 is 15.9 Å². The molecule has 0 fully saturated rings. The Morgan fingerprint density at radius 2 is 1.91 bits per heavy atom. The normalized spacial score (nSPS) is 15.0. The number of carbonyl (C=O) groups excluding carboxylic acids is 1. The van der Waals surface area contributed by atoms with Gasteiger partial charge in [-0.05, 0) is 30.4 Å². The van der Waals surface area contributed by atoms with Gasteiger partial charge in [-0.25, -0.2) is 4.79 Å². The third kappa shape index (κ3) is 5.81. The van der Waals surface area contributed by atoms with Crippen molar-refractivity contribution in [3.63, 3.8) is 0 Å². The van der Waals surface area contributed by atoms with E-state index in [-0.39, 0.29) is 32.5 Å². The fourth-order valence-corrected chi connectivity index (χ4v) is 1.96. The van der Waals surface area contributed by atoms with E-state index >= 15 is 0 Å². The number of hydrogen-bond acceptors (Lipinski definition) is 3. The number of hydrogen-bond donors (Lipinski definition) is 2. The number of carboxylic acids is 1. The summed E-state index contributed by atoms with van der Waals surface area (Å²) in [5.74, 6) is -1.16. The molecule has 0 aromatic heterocycles. The molecule has 2 N–H and O–H groups in total. The first-order valence-corrected chi connectivity index (χ1v) is 13.0. The number of benzene rings is 1. The van der Waals surface area contributed by atoms with Crippen molar-refractivity contribution in [2.75, 3.05) is 5.32 Å². The van der Waals surface area contributed by atoms with Gasteiger partial charge in [-0.1, -0.05) is 28.1 Å². The number of rotatable bonds is 3. The van der Waals surface area contributed by atoms with Crippen LogP contribution in [0.25, 0.3) is 0 Å². The van der Waals surface area contributed by atoms with Gasteiger partial charge in [0.15, 0.2) is 5.78 Å². The summed E-state index contributed by atoms with van der Waals surface area (Å²) in [4.78, 5) is 27.2. The predicted octanol–water partition coefficient (Wildman–Crippen LogP) is 3.89. The van der Waals surface area contributed by atoms with Gasteiger partial charge < -0.3 is 10.4 Å². The first-order valence-electron chi connectivity index (χ1n) is 6.46. The fraction of sp³-hybridized carbons (Fsp3) is 0.125. The van der Waals surface area contributed by atoms with E-state index in [0.29, 0.717) is 11.3 Å². The number of carboxylic acid groups (broad SMARTS) is 1. The summed E-state index contributed by atoms with van der Waals surface area (Å²) in [6.45, 7) is 0. The molecular formula is C16H16BrNO3Sn. The first kappa shape index (κ1) is 18.7. The van der Waals surface area contributed by atoms with E-state index in [9.17, 15) is 9.59 Å². The Labute approximate surface area is 148 Å². The molecule has 1 aliphatic rings. The third-order valence-electron chi connectivity index (χ3n) is 2.51. The Balaban J connectivity index is 0.000000745. The molecule has 2 radical (unpaired) electrons. The number of aromatic carboxylic acids is 1. The quantitative estimate of drug-likeness (QED) is 0.522. The van der Waals surface area contributed by atoms with Crippen molar-refractivity contribution in [3.05, 3.63) is 64.3 Å². The Hall–Kier alpha value is -1.34. The molecule has 0 heterocycles. The van der Waals surface area contributed by atoms with Crippen LogP contribution in [0.2, 0.25) is 9.88 Å². The van der Waals surface area contributed by atoms with Crippen molar-refractivity contribution in [2.24, 2.45) is 0 Å². The molecular weight excluding hydrogens is 453 g/mol. The second-order valence-electron chi connectivity index (χ2n) is 4.32. The van der Waals surface area contributed by atoms with Crippen molar-refractivity contribution in [1.29, 1.82) is 0 Å². The first-order chi connectivity index (χ1) is 10.5. The molecule has 0 unspecified atom stereocenters. The molecule has 114 valence electrons. The second kappa shape index (κ2) is 9.63. The molecule has 1 aromatic carbocycles. The van der Waals surface area contributed by atoms with E-state index in [4.69, 9.17) is 5.11 Å². The van der Waals surface area contributed by atoms with Crippen LogP contribution < -0.4 is 5.32 Å². The van der Waals surface area contributed by atoms with Crippen LogP contribution in [-0.4, -0.2) is 38.0 Å². The monoisotopic (exact) mass is 469 g/mol. The molecule has 1 aliphatic carbocycles. The SMILES string of the molecule is O=C1C=CC(Br)=CC1=CNc1ccccc1C(=O)O.[CH3][Sn][CH3]. The molecule has 4 nitrogen and oxygen atoms in total. The van der Waals surface area contributed by atoms with Crippen LogP contribution in [0.4, 0.5) is 5.69 Å². The van der Waals surface area contributed by atoms with Crippen LogP contribution in [-0.2, 0) is 4.79 Å².